The van der Waals surface area contributed by atoms with Gasteiger partial charge in [-0.05, 0) is 6.92 Å². The number of hydrogen-bond donors (Lipinski definition) is 1. The molecule has 1 unspecified atom stereocenters. The normalized spacial score (nSPS) is 15.1. The highest BCUT2D eigenvalue weighted by Crippen LogP contribution is 2.39. The molecule has 0 rings (SSSR count). The molecule has 174 valence electrons. The Hall–Kier alpha value is -2.34. The maximum Gasteiger partial charge on any atom is 0.466 e. The van der Waals surface area contributed by atoms with E-state index in [4.69, 9.17) is 0 Å². The Kier molecular flexibility index (Phi) is 8.11. The number of rotatable bonds is 9. The molecule has 1 atom stereocenters. The van der Waals surface area contributed by atoms with Crippen LogP contribution in [0.2, 0.25) is 0 Å². The molecule has 1 amide bonds. The van der Waals surface area contributed by atoms with Gasteiger partial charge >= 0.3 is 35.3 Å². The molecule has 1 N–H and O–H groups in total. The minimum Gasteiger partial charge on any atom is -0.743 e. The van der Waals surface area contributed by atoms with Gasteiger partial charge in [0.2, 0.25) is 0 Å². The first-order valence-corrected chi connectivity index (χ1v) is 8.30. The first-order chi connectivity index (χ1) is 13.1. The molecule has 0 bridgehead atoms. The number of carbonyl (C=O) groups is 3. The van der Waals surface area contributed by atoms with Gasteiger partial charge in [-0.3, -0.25) is 9.59 Å². The molecule has 0 aromatic rings. The zero-order valence-corrected chi connectivity index (χ0v) is 15.1. The highest BCUT2D eigenvalue weighted by atomic mass is 32.2. The summed E-state index contributed by atoms with van der Waals surface area (Å²) in [7, 11) is -6.69. The monoisotopic (exact) mass is 480 g/mol. The Morgan fingerprint density at radius 3 is 1.83 bits per heavy atom. The largest absolute Gasteiger partial charge is 0.743 e. The minimum atomic E-state index is -6.69. The third-order valence-electron chi connectivity index (χ3n) is 2.80. The van der Waals surface area contributed by atoms with Crippen molar-refractivity contribution in [2.45, 2.75) is 30.3 Å². The number of esters is 1. The summed E-state index contributed by atoms with van der Waals surface area (Å²) in [5.41, 5.74) is -2.64. The van der Waals surface area contributed by atoms with Crippen LogP contribution in [0.15, 0.2) is 12.2 Å². The van der Waals surface area contributed by atoms with E-state index >= 15 is 0 Å². The molecule has 0 fully saturated rings. The Bertz CT molecular complexity index is 819. The van der Waals surface area contributed by atoms with Gasteiger partial charge < -0.3 is 19.3 Å². The fourth-order valence-corrected chi connectivity index (χ4v) is 1.50. The lowest BCUT2D eigenvalue weighted by atomic mass is 10.2. The van der Waals surface area contributed by atoms with Gasteiger partial charge in [0.05, 0.1) is 6.54 Å². The molecule has 0 saturated heterocycles. The fraction of sp³-hybridized carbons (Fsp3) is 0.583. The van der Waals surface area contributed by atoms with Gasteiger partial charge in [0.25, 0.3) is 0 Å². The van der Waals surface area contributed by atoms with Crippen LogP contribution in [0, 0.1) is 0 Å². The zero-order chi connectivity index (χ0) is 24.3. The summed E-state index contributed by atoms with van der Waals surface area (Å²) in [6, 6.07) is 0. The highest BCUT2D eigenvalue weighted by molar-refractivity contribution is 7.86. The lowest BCUT2D eigenvalue weighted by Gasteiger charge is -2.34. The average Bonchev–Trinajstić information content (AvgIpc) is 2.52. The molecule has 0 aromatic carbocycles. The summed E-state index contributed by atoms with van der Waals surface area (Å²) < 4.78 is 142. The number of hydrogen-bond acceptors (Lipinski definition) is 8. The predicted octanol–water partition coefficient (Wildman–Crippen LogP) is 0.767. The maximum atomic E-state index is 13.4. The van der Waals surface area contributed by atoms with Crippen molar-refractivity contribution in [1.29, 1.82) is 0 Å². The standard InChI is InChI=1S/C12H11F8NO8S/c1-5(22)3-21-8(24)10(12(18,19)20,28-4-9(13,14)30(25,26)27)29-7(23)6(2)11(15,16)17/h2-4H2,1H3,(H,21,24)(H,25,26,27)/p-1. The van der Waals surface area contributed by atoms with Gasteiger partial charge in [-0.15, -0.1) is 0 Å². The molecule has 0 aliphatic heterocycles. The smallest absolute Gasteiger partial charge is 0.466 e. The summed E-state index contributed by atoms with van der Waals surface area (Å²) in [5.74, 6) is -12.2. The van der Waals surface area contributed by atoms with E-state index in [0.717, 1.165) is 5.32 Å². The van der Waals surface area contributed by atoms with Gasteiger partial charge in [0, 0.05) is 0 Å². The molecule has 0 saturated carbocycles. The zero-order valence-electron chi connectivity index (χ0n) is 14.3. The van der Waals surface area contributed by atoms with Crippen LogP contribution in [0.3, 0.4) is 0 Å². The van der Waals surface area contributed by atoms with E-state index in [2.05, 4.69) is 16.1 Å². The van der Waals surface area contributed by atoms with Crippen molar-refractivity contribution in [2.24, 2.45) is 0 Å². The van der Waals surface area contributed by atoms with E-state index in [1.807, 2.05) is 0 Å². The molecule has 9 nitrogen and oxygen atoms in total. The number of amides is 1. The molecule has 0 heterocycles. The summed E-state index contributed by atoms with van der Waals surface area (Å²) in [4.78, 5) is 34.0. The van der Waals surface area contributed by atoms with Gasteiger partial charge in [-0.2, -0.15) is 35.1 Å². The van der Waals surface area contributed by atoms with Crippen LogP contribution in [-0.2, 0) is 34.0 Å². The molecule has 0 radical (unpaired) electrons. The number of ether oxygens (including phenoxy) is 2. The van der Waals surface area contributed by atoms with Crippen LogP contribution in [-0.4, -0.2) is 67.2 Å². The van der Waals surface area contributed by atoms with Gasteiger partial charge in [-0.1, -0.05) is 6.58 Å². The van der Waals surface area contributed by atoms with E-state index in [1.165, 1.54) is 0 Å². The van der Waals surface area contributed by atoms with E-state index in [-0.39, 0.29) is 0 Å². The molecule has 18 heteroatoms. The number of ketones is 1. The van der Waals surface area contributed by atoms with Crippen molar-refractivity contribution >= 4 is 27.8 Å². The van der Waals surface area contributed by atoms with Crippen LogP contribution < -0.4 is 5.32 Å². The third-order valence-corrected chi connectivity index (χ3v) is 3.65. The topological polar surface area (TPSA) is 139 Å². The third kappa shape index (κ3) is 6.59. The van der Waals surface area contributed by atoms with Crippen molar-refractivity contribution in [3.8, 4) is 0 Å². The number of nitrogens with one attached hydrogen (secondary N) is 1. The number of carbonyl (C=O) groups excluding carboxylic acids is 3. The van der Waals surface area contributed by atoms with E-state index < -0.39 is 69.9 Å². The Morgan fingerprint density at radius 1 is 1.03 bits per heavy atom. The predicted molar refractivity (Wildman–Crippen MR) is 74.4 cm³/mol. The summed E-state index contributed by atoms with van der Waals surface area (Å²) in [6.07, 6.45) is -12.1. The van der Waals surface area contributed by atoms with Crippen LogP contribution >= 0.6 is 0 Å². The molecule has 0 aromatic heterocycles. The van der Waals surface area contributed by atoms with Gasteiger partial charge in [0.15, 0.2) is 10.1 Å². The lowest BCUT2D eigenvalue weighted by molar-refractivity contribution is -0.353. The van der Waals surface area contributed by atoms with Crippen molar-refractivity contribution in [1.82, 2.24) is 5.32 Å². The quantitative estimate of drug-likeness (QED) is 0.168. The lowest BCUT2D eigenvalue weighted by Crippen LogP contribution is -2.63. The van der Waals surface area contributed by atoms with Crippen molar-refractivity contribution in [3.63, 3.8) is 0 Å². The molecule has 0 spiro atoms. The van der Waals surface area contributed by atoms with Gasteiger partial charge in [-0.25, -0.2) is 13.2 Å². The van der Waals surface area contributed by atoms with Crippen molar-refractivity contribution in [2.75, 3.05) is 13.2 Å². The van der Waals surface area contributed by atoms with E-state index in [9.17, 15) is 62.5 Å². The second kappa shape index (κ2) is 8.80. The minimum absolute atomic E-state index is 0.700. The van der Waals surface area contributed by atoms with E-state index in [0.29, 0.717) is 6.92 Å². The second-order valence-corrected chi connectivity index (χ2v) is 6.75. The van der Waals surface area contributed by atoms with Crippen LogP contribution in [0.1, 0.15) is 6.92 Å². The Morgan fingerprint density at radius 2 is 1.50 bits per heavy atom. The molecular weight excluding hydrogens is 470 g/mol. The molecule has 0 aliphatic carbocycles. The summed E-state index contributed by atoms with van der Waals surface area (Å²) in [6.45, 7) is -1.57. The van der Waals surface area contributed by atoms with Crippen LogP contribution in [0.5, 0.6) is 0 Å². The van der Waals surface area contributed by atoms with Crippen molar-refractivity contribution < 1.29 is 72.0 Å². The molecule has 0 aliphatic rings. The summed E-state index contributed by atoms with van der Waals surface area (Å²) in [5, 5.41) is -4.55. The second-order valence-electron chi connectivity index (χ2n) is 5.24. The van der Waals surface area contributed by atoms with Gasteiger partial charge in [0.1, 0.15) is 18.0 Å². The number of Topliss-reactive ketones (excluding diaryl/α,β-unsaturated/α-hetero) is 1. The van der Waals surface area contributed by atoms with E-state index in [1.54, 1.807) is 0 Å². The van der Waals surface area contributed by atoms with Crippen molar-refractivity contribution in [3.05, 3.63) is 12.2 Å². The maximum absolute atomic E-state index is 13.4. The fourth-order valence-electron chi connectivity index (χ4n) is 1.30. The summed E-state index contributed by atoms with van der Waals surface area (Å²) >= 11 is 0. The first-order valence-electron chi connectivity index (χ1n) is 6.89. The van der Waals surface area contributed by atoms with Crippen LogP contribution in [0.4, 0.5) is 35.1 Å². The average molecular weight is 480 g/mol. The first kappa shape index (κ1) is 27.7. The number of halogens is 8. The number of alkyl halides is 8. The Labute approximate surface area is 161 Å². The Balaban J connectivity index is 6.35. The molecule has 30 heavy (non-hydrogen) atoms. The van der Waals surface area contributed by atoms with Crippen LogP contribution in [0.25, 0.3) is 0 Å². The SMILES string of the molecule is C=C(C(=O)OC(OCC(F)(F)S(=O)(=O)[O-])(C(=O)NCC(C)=O)C(F)(F)F)C(F)(F)F. The molecular formula is C12H10F8NO8S-. The highest BCUT2D eigenvalue weighted by Gasteiger charge is 2.68.